The SMILES string of the molecule is COc1nnccc1-c1cnc2ccc(Cl)nn12.Clc1ccc2ncc(Br)n2n1. The number of nitrogens with zero attached hydrogens (tertiary/aromatic N) is 8. The monoisotopic (exact) mass is 492 g/mol. The van der Waals surface area contributed by atoms with E-state index in [0.29, 0.717) is 21.8 Å². The van der Waals surface area contributed by atoms with Crippen molar-refractivity contribution in [3.63, 3.8) is 0 Å². The predicted octanol–water partition coefficient (Wildman–Crippen LogP) is 3.99. The number of aromatic nitrogens is 8. The first-order valence-corrected chi connectivity index (χ1v) is 9.64. The average Bonchev–Trinajstić information content (AvgIpc) is 3.31. The molecule has 0 bridgehead atoms. The molecule has 5 aromatic rings. The minimum atomic E-state index is 0.391. The molecular weight excluding hydrogens is 483 g/mol. The van der Waals surface area contributed by atoms with Gasteiger partial charge in [-0.1, -0.05) is 23.2 Å². The highest BCUT2D eigenvalue weighted by Crippen LogP contribution is 2.27. The van der Waals surface area contributed by atoms with Crippen LogP contribution in [-0.2, 0) is 0 Å². The molecule has 0 fully saturated rings. The maximum absolute atomic E-state index is 5.89. The van der Waals surface area contributed by atoms with Crippen LogP contribution in [0.25, 0.3) is 22.6 Å². The van der Waals surface area contributed by atoms with Crippen molar-refractivity contribution in [2.45, 2.75) is 0 Å². The molecule has 0 atom stereocenters. The summed E-state index contributed by atoms with van der Waals surface area (Å²) in [5, 5.41) is 16.7. The van der Waals surface area contributed by atoms with E-state index in [1.54, 1.807) is 58.0 Å². The van der Waals surface area contributed by atoms with Gasteiger partial charge in [0.2, 0.25) is 5.88 Å². The smallest absolute Gasteiger partial charge is 0.242 e. The zero-order valence-corrected chi connectivity index (χ0v) is 17.8. The molecule has 0 aromatic carbocycles. The second kappa shape index (κ2) is 8.27. The Labute approximate surface area is 182 Å². The summed E-state index contributed by atoms with van der Waals surface area (Å²) in [6, 6.07) is 8.78. The number of rotatable bonds is 2. The quantitative estimate of drug-likeness (QED) is 0.366. The Kier molecular flexibility index (Phi) is 5.56. The van der Waals surface area contributed by atoms with Gasteiger partial charge in [-0.25, -0.2) is 19.0 Å². The number of ether oxygens (including phenoxy) is 1. The normalized spacial score (nSPS) is 10.8. The number of hydrogen-bond donors (Lipinski definition) is 0. The van der Waals surface area contributed by atoms with Gasteiger partial charge in [0.1, 0.15) is 14.9 Å². The van der Waals surface area contributed by atoms with E-state index in [1.165, 1.54) is 7.11 Å². The van der Waals surface area contributed by atoms with Gasteiger partial charge in [0, 0.05) is 0 Å². The van der Waals surface area contributed by atoms with Crippen LogP contribution in [0.2, 0.25) is 10.3 Å². The van der Waals surface area contributed by atoms with E-state index in [9.17, 15) is 0 Å². The van der Waals surface area contributed by atoms with Gasteiger partial charge in [0.15, 0.2) is 11.3 Å². The summed E-state index contributed by atoms with van der Waals surface area (Å²) >= 11 is 14.8. The average molecular weight is 494 g/mol. The molecule has 0 aliphatic rings. The first kappa shape index (κ1) is 19.5. The van der Waals surface area contributed by atoms with Crippen LogP contribution in [0.3, 0.4) is 0 Å². The zero-order chi connectivity index (χ0) is 20.4. The summed E-state index contributed by atoms with van der Waals surface area (Å²) in [4.78, 5) is 8.30. The second-order valence-electron chi connectivity index (χ2n) is 5.53. The lowest BCUT2D eigenvalue weighted by Gasteiger charge is -2.05. The molecule has 0 saturated carbocycles. The van der Waals surface area contributed by atoms with Crippen molar-refractivity contribution in [1.29, 1.82) is 0 Å². The summed E-state index contributed by atoms with van der Waals surface area (Å²) in [7, 11) is 1.54. The second-order valence-corrected chi connectivity index (χ2v) is 7.12. The van der Waals surface area contributed by atoms with Crippen molar-refractivity contribution < 1.29 is 4.74 Å². The Bertz CT molecular complexity index is 1310. The fourth-order valence-corrected chi connectivity index (χ4v) is 3.16. The number of fused-ring (bicyclic) bond motifs is 2. The minimum absolute atomic E-state index is 0.391. The molecule has 0 amide bonds. The molecule has 146 valence electrons. The summed E-state index contributed by atoms with van der Waals surface area (Å²) in [5.41, 5.74) is 2.99. The van der Waals surface area contributed by atoms with Crippen LogP contribution in [0, 0.1) is 0 Å². The van der Waals surface area contributed by atoms with Crippen LogP contribution in [0.5, 0.6) is 5.88 Å². The molecule has 5 aromatic heterocycles. The first-order chi connectivity index (χ1) is 14.1. The van der Waals surface area contributed by atoms with Crippen LogP contribution < -0.4 is 4.74 Å². The van der Waals surface area contributed by atoms with Gasteiger partial charge in [0.25, 0.3) is 0 Å². The molecule has 0 saturated heterocycles. The highest BCUT2D eigenvalue weighted by atomic mass is 79.9. The van der Waals surface area contributed by atoms with Crippen molar-refractivity contribution in [2.75, 3.05) is 7.11 Å². The van der Waals surface area contributed by atoms with Gasteiger partial charge in [0.05, 0.1) is 37.0 Å². The predicted molar refractivity (Wildman–Crippen MR) is 111 cm³/mol. The fourth-order valence-electron chi connectivity index (χ4n) is 2.52. The Morgan fingerprint density at radius 1 is 0.897 bits per heavy atom. The van der Waals surface area contributed by atoms with Crippen molar-refractivity contribution in [3.05, 3.63) is 63.8 Å². The number of hydrogen-bond acceptors (Lipinski definition) is 7. The molecule has 29 heavy (non-hydrogen) atoms. The fraction of sp³-hybridized carbons (Fsp3) is 0.0588. The van der Waals surface area contributed by atoms with Crippen LogP contribution in [0.15, 0.2) is 53.5 Å². The van der Waals surface area contributed by atoms with Gasteiger partial charge in [-0.2, -0.15) is 15.3 Å². The molecule has 5 rings (SSSR count). The van der Waals surface area contributed by atoms with Crippen molar-refractivity contribution >= 4 is 50.4 Å². The maximum atomic E-state index is 5.89. The van der Waals surface area contributed by atoms with Crippen molar-refractivity contribution in [2.24, 2.45) is 0 Å². The number of methoxy groups -OCH3 is 1. The zero-order valence-electron chi connectivity index (χ0n) is 14.7. The summed E-state index contributed by atoms with van der Waals surface area (Å²) < 4.78 is 9.24. The topological polar surface area (TPSA) is 95.4 Å². The van der Waals surface area contributed by atoms with Gasteiger partial charge in [-0.05, 0) is 46.3 Å². The van der Waals surface area contributed by atoms with E-state index >= 15 is 0 Å². The van der Waals surface area contributed by atoms with Gasteiger partial charge < -0.3 is 4.74 Å². The van der Waals surface area contributed by atoms with Crippen molar-refractivity contribution in [1.82, 2.24) is 39.4 Å². The standard InChI is InChI=1S/C11H8ClN5O.C6H3BrClN3/c1-18-11-7(4-5-14-15-11)8-6-13-10-3-2-9(12)16-17(8)10;7-4-3-9-6-2-1-5(8)10-11(4)6/h2-6H,1H3;1-3H. The third kappa shape index (κ3) is 4.00. The Morgan fingerprint density at radius 3 is 2.28 bits per heavy atom. The van der Waals surface area contributed by atoms with Gasteiger partial charge in [-0.3, -0.25) is 0 Å². The lowest BCUT2D eigenvalue weighted by molar-refractivity contribution is 0.393. The third-order valence-electron chi connectivity index (χ3n) is 3.77. The van der Waals surface area contributed by atoms with E-state index in [0.717, 1.165) is 21.5 Å². The molecular formula is C17H11BrCl2N8O. The molecule has 0 radical (unpaired) electrons. The lowest BCUT2D eigenvalue weighted by Crippen LogP contribution is -1.98. The van der Waals surface area contributed by atoms with E-state index in [-0.39, 0.29) is 0 Å². The molecule has 0 N–H and O–H groups in total. The van der Waals surface area contributed by atoms with Crippen molar-refractivity contribution in [3.8, 4) is 17.1 Å². The minimum Gasteiger partial charge on any atom is -0.479 e. The molecule has 5 heterocycles. The van der Waals surface area contributed by atoms with Crippen LogP contribution in [0.4, 0.5) is 0 Å². The van der Waals surface area contributed by atoms with E-state index in [2.05, 4.69) is 46.3 Å². The molecule has 0 spiro atoms. The molecule has 9 nitrogen and oxygen atoms in total. The molecule has 12 heteroatoms. The number of imidazole rings is 2. The number of halogens is 3. The Hall–Kier alpha value is -2.82. The van der Waals surface area contributed by atoms with Gasteiger partial charge in [-0.15, -0.1) is 5.10 Å². The van der Waals surface area contributed by atoms with Gasteiger partial charge >= 0.3 is 0 Å². The Morgan fingerprint density at radius 2 is 1.55 bits per heavy atom. The van der Waals surface area contributed by atoms with E-state index in [4.69, 9.17) is 27.9 Å². The molecule has 0 aliphatic carbocycles. The largest absolute Gasteiger partial charge is 0.479 e. The van der Waals surface area contributed by atoms with Crippen LogP contribution in [0.1, 0.15) is 0 Å². The van der Waals surface area contributed by atoms with E-state index < -0.39 is 0 Å². The highest BCUT2D eigenvalue weighted by molar-refractivity contribution is 9.10. The lowest BCUT2D eigenvalue weighted by atomic mass is 10.2. The van der Waals surface area contributed by atoms with E-state index in [1.807, 2.05) is 0 Å². The summed E-state index contributed by atoms with van der Waals surface area (Å²) in [6.45, 7) is 0. The first-order valence-electron chi connectivity index (χ1n) is 8.09. The van der Waals surface area contributed by atoms with Crippen LogP contribution in [-0.4, -0.2) is 46.5 Å². The summed E-state index contributed by atoms with van der Waals surface area (Å²) in [6.07, 6.45) is 4.96. The molecule has 0 aliphatic heterocycles. The third-order valence-corrected chi connectivity index (χ3v) is 4.72. The maximum Gasteiger partial charge on any atom is 0.242 e. The highest BCUT2D eigenvalue weighted by Gasteiger charge is 2.13. The molecule has 0 unspecified atom stereocenters. The summed E-state index contributed by atoms with van der Waals surface area (Å²) in [5.74, 6) is 0.418. The van der Waals surface area contributed by atoms with Crippen LogP contribution >= 0.6 is 39.1 Å². The Balaban J connectivity index is 0.000000159.